The number of alkyl halides is 3. The highest BCUT2D eigenvalue weighted by Crippen LogP contribution is 2.17. The second-order valence-electron chi connectivity index (χ2n) is 8.03. The zero-order chi connectivity index (χ0) is 29.1. The SMILES string of the molecule is Nc1nccc(NCc2ccc(C(=O)NC[C@H](NC(=O)OCc3ccccc3)C(=O)OC(=O)C(F)(F)F)cc2)n1. The fourth-order valence-electron chi connectivity index (χ4n) is 3.06. The van der Waals surface area contributed by atoms with E-state index in [1.165, 1.54) is 18.3 Å². The van der Waals surface area contributed by atoms with Crippen molar-refractivity contribution < 1.29 is 41.8 Å². The van der Waals surface area contributed by atoms with Gasteiger partial charge in [0, 0.05) is 24.8 Å². The first-order valence-corrected chi connectivity index (χ1v) is 11.5. The minimum absolute atomic E-state index is 0.0981. The largest absolute Gasteiger partial charge is 0.491 e. The maximum Gasteiger partial charge on any atom is 0.491 e. The molecule has 0 fully saturated rings. The molecule has 2 aromatic carbocycles. The summed E-state index contributed by atoms with van der Waals surface area (Å²) >= 11 is 0. The summed E-state index contributed by atoms with van der Waals surface area (Å²) in [6, 6.07) is 14.3. The third-order valence-corrected chi connectivity index (χ3v) is 5.04. The molecule has 0 aliphatic carbocycles. The molecule has 40 heavy (non-hydrogen) atoms. The van der Waals surface area contributed by atoms with Crippen molar-refractivity contribution in [1.29, 1.82) is 0 Å². The summed E-state index contributed by atoms with van der Waals surface area (Å²) in [6.07, 6.45) is -5.16. The van der Waals surface area contributed by atoms with E-state index in [-0.39, 0.29) is 18.1 Å². The van der Waals surface area contributed by atoms with Gasteiger partial charge in [-0.25, -0.2) is 19.4 Å². The molecular weight excluding hydrogens is 537 g/mol. The van der Waals surface area contributed by atoms with Crippen LogP contribution in [0.1, 0.15) is 21.5 Å². The highest BCUT2D eigenvalue weighted by molar-refractivity contribution is 5.96. The predicted molar refractivity (Wildman–Crippen MR) is 133 cm³/mol. The molecule has 3 rings (SSSR count). The number of benzene rings is 2. The summed E-state index contributed by atoms with van der Waals surface area (Å²) in [4.78, 5) is 55.9. The summed E-state index contributed by atoms with van der Waals surface area (Å²) < 4.78 is 46.4. The van der Waals surface area contributed by atoms with Crippen molar-refractivity contribution in [2.45, 2.75) is 25.4 Å². The lowest BCUT2D eigenvalue weighted by Crippen LogP contribution is -2.50. The quantitative estimate of drug-likeness (QED) is 0.213. The van der Waals surface area contributed by atoms with Gasteiger partial charge in [-0.05, 0) is 29.3 Å². The van der Waals surface area contributed by atoms with Crippen LogP contribution >= 0.6 is 0 Å². The lowest BCUT2D eigenvalue weighted by molar-refractivity contribution is -0.202. The molecule has 1 heterocycles. The molecule has 1 aromatic heterocycles. The Balaban J connectivity index is 1.59. The number of rotatable bonds is 10. The Morgan fingerprint density at radius 3 is 2.30 bits per heavy atom. The van der Waals surface area contributed by atoms with Crippen LogP contribution in [-0.4, -0.2) is 52.7 Å². The van der Waals surface area contributed by atoms with Gasteiger partial charge in [-0.3, -0.25) is 4.79 Å². The number of anilines is 2. The number of nitrogens with two attached hydrogens (primary N) is 1. The van der Waals surface area contributed by atoms with Crippen molar-refractivity contribution in [2.24, 2.45) is 0 Å². The van der Waals surface area contributed by atoms with E-state index in [9.17, 15) is 32.3 Å². The summed E-state index contributed by atoms with van der Waals surface area (Å²) in [7, 11) is 0. The molecule has 5 N–H and O–H groups in total. The third-order valence-electron chi connectivity index (χ3n) is 5.04. The van der Waals surface area contributed by atoms with E-state index in [4.69, 9.17) is 10.5 Å². The molecule has 210 valence electrons. The maximum absolute atomic E-state index is 12.6. The molecule has 15 heteroatoms. The number of hydrogen-bond acceptors (Lipinski definition) is 10. The van der Waals surface area contributed by atoms with Gasteiger partial charge < -0.3 is 31.2 Å². The molecule has 0 bridgehead atoms. The lowest BCUT2D eigenvalue weighted by Gasteiger charge is -2.18. The third kappa shape index (κ3) is 9.27. The number of carbonyl (C=O) groups is 4. The van der Waals surface area contributed by atoms with Gasteiger partial charge in [0.1, 0.15) is 18.5 Å². The minimum atomic E-state index is -5.45. The summed E-state index contributed by atoms with van der Waals surface area (Å²) in [5, 5.41) is 7.33. The van der Waals surface area contributed by atoms with Crippen LogP contribution in [0.3, 0.4) is 0 Å². The van der Waals surface area contributed by atoms with Crippen molar-refractivity contribution in [3.8, 4) is 0 Å². The number of carbonyl (C=O) groups excluding carboxylic acids is 4. The average Bonchev–Trinajstić information content (AvgIpc) is 2.93. The zero-order valence-corrected chi connectivity index (χ0v) is 20.6. The van der Waals surface area contributed by atoms with Crippen molar-refractivity contribution in [2.75, 3.05) is 17.6 Å². The summed E-state index contributed by atoms with van der Waals surface area (Å²) in [5.74, 6) is -4.65. The summed E-state index contributed by atoms with van der Waals surface area (Å²) in [6.45, 7) is -0.579. The molecule has 0 saturated heterocycles. The molecule has 0 saturated carbocycles. The fraction of sp³-hybridized carbons (Fsp3) is 0.200. The number of nitrogens with zero attached hydrogens (tertiary/aromatic N) is 2. The average molecular weight is 560 g/mol. The van der Waals surface area contributed by atoms with E-state index >= 15 is 0 Å². The van der Waals surface area contributed by atoms with Crippen LogP contribution < -0.4 is 21.7 Å². The van der Waals surface area contributed by atoms with Gasteiger partial charge in [0.15, 0.2) is 0 Å². The van der Waals surface area contributed by atoms with Crippen molar-refractivity contribution in [3.63, 3.8) is 0 Å². The second kappa shape index (κ2) is 13.5. The van der Waals surface area contributed by atoms with Crippen LogP contribution in [0.2, 0.25) is 0 Å². The number of amides is 2. The van der Waals surface area contributed by atoms with Gasteiger partial charge in [-0.15, -0.1) is 0 Å². The molecule has 0 aliphatic rings. The monoisotopic (exact) mass is 560 g/mol. The molecular formula is C25H23F3N6O6. The van der Waals surface area contributed by atoms with E-state index in [2.05, 4.69) is 25.3 Å². The van der Waals surface area contributed by atoms with Crippen molar-refractivity contribution in [1.82, 2.24) is 20.6 Å². The van der Waals surface area contributed by atoms with Crippen molar-refractivity contribution in [3.05, 3.63) is 83.6 Å². The standard InChI is InChI=1S/C25H23F3N6O6/c26-25(27,28)22(37)40-21(36)18(33-24(38)39-14-16-4-2-1-3-5-16)13-32-20(35)17-8-6-15(7-9-17)12-31-19-10-11-30-23(29)34-19/h1-11,18H,12-14H2,(H,32,35)(H,33,38)(H3,29,30,31,34)/t18-/m0/s1. The topological polar surface area (TPSA) is 175 Å². The summed E-state index contributed by atoms with van der Waals surface area (Å²) in [5.41, 5.74) is 7.03. The Morgan fingerprint density at radius 2 is 1.65 bits per heavy atom. The molecule has 12 nitrogen and oxygen atoms in total. The number of aromatic nitrogens is 2. The van der Waals surface area contributed by atoms with Crippen LogP contribution in [0.15, 0.2) is 66.9 Å². The smallest absolute Gasteiger partial charge is 0.445 e. The van der Waals surface area contributed by atoms with Crippen LogP contribution in [0.4, 0.5) is 29.7 Å². The van der Waals surface area contributed by atoms with E-state index in [0.29, 0.717) is 17.9 Å². The highest BCUT2D eigenvalue weighted by atomic mass is 19.4. The van der Waals surface area contributed by atoms with Crippen LogP contribution in [0, 0.1) is 0 Å². The Kier molecular flexibility index (Phi) is 9.94. The minimum Gasteiger partial charge on any atom is -0.445 e. The number of nitrogens with one attached hydrogen (secondary N) is 3. The number of esters is 2. The van der Waals surface area contributed by atoms with E-state index in [1.807, 2.05) is 5.32 Å². The van der Waals surface area contributed by atoms with Crippen LogP contribution in [0.5, 0.6) is 0 Å². The Bertz CT molecular complexity index is 1340. The Morgan fingerprint density at radius 1 is 0.950 bits per heavy atom. The molecule has 1 atom stereocenters. The number of hydrogen-bond donors (Lipinski definition) is 4. The number of alkyl carbamates (subject to hydrolysis) is 1. The zero-order valence-electron chi connectivity index (χ0n) is 20.6. The highest BCUT2D eigenvalue weighted by Gasteiger charge is 2.43. The van der Waals surface area contributed by atoms with Crippen LogP contribution in [-0.2, 0) is 32.2 Å². The van der Waals surface area contributed by atoms with Gasteiger partial charge in [-0.1, -0.05) is 42.5 Å². The molecule has 0 aliphatic heterocycles. The molecule has 0 radical (unpaired) electrons. The molecule has 3 aromatic rings. The van der Waals surface area contributed by atoms with E-state index < -0.39 is 42.7 Å². The number of ether oxygens (including phenoxy) is 2. The van der Waals surface area contributed by atoms with Gasteiger partial charge in [0.2, 0.25) is 5.95 Å². The van der Waals surface area contributed by atoms with Crippen molar-refractivity contribution >= 4 is 35.7 Å². The first-order chi connectivity index (χ1) is 19.0. The van der Waals surface area contributed by atoms with Gasteiger partial charge >= 0.3 is 24.2 Å². The number of nitrogen functional groups attached to an aromatic ring is 1. The second-order valence-corrected chi connectivity index (χ2v) is 8.03. The van der Waals surface area contributed by atoms with Gasteiger partial charge in [0.25, 0.3) is 5.91 Å². The van der Waals surface area contributed by atoms with E-state index in [1.54, 1.807) is 48.5 Å². The molecule has 2 amide bonds. The number of halogens is 3. The fourth-order valence-corrected chi connectivity index (χ4v) is 3.06. The normalized spacial score (nSPS) is 11.6. The Labute approximate surface area is 225 Å². The van der Waals surface area contributed by atoms with Gasteiger partial charge in [-0.2, -0.15) is 18.2 Å². The first kappa shape index (κ1) is 29.3. The molecule has 0 unspecified atom stereocenters. The predicted octanol–water partition coefficient (Wildman–Crippen LogP) is 2.33. The lowest BCUT2D eigenvalue weighted by atomic mass is 10.1. The first-order valence-electron chi connectivity index (χ1n) is 11.5. The maximum atomic E-state index is 12.6. The van der Waals surface area contributed by atoms with E-state index in [0.717, 1.165) is 5.56 Å². The molecule has 0 spiro atoms. The van der Waals surface area contributed by atoms with Gasteiger partial charge in [0.05, 0.1) is 0 Å². The van der Waals surface area contributed by atoms with Crippen LogP contribution in [0.25, 0.3) is 0 Å². The Hall–Kier alpha value is -5.21.